The van der Waals surface area contributed by atoms with E-state index in [0.717, 1.165) is 31.5 Å². The topological polar surface area (TPSA) is 56.7 Å². The van der Waals surface area contributed by atoms with E-state index in [2.05, 4.69) is 22.5 Å². The first-order valence-electron chi connectivity index (χ1n) is 10.0. The molecule has 1 aromatic rings. The number of amides is 1. The second-order valence-electron chi connectivity index (χ2n) is 7.32. The van der Waals surface area contributed by atoms with Gasteiger partial charge >= 0.3 is 0 Å². The zero-order valence-corrected chi connectivity index (χ0v) is 17.0. The molecule has 0 aromatic heterocycles. The van der Waals surface area contributed by atoms with E-state index in [1.54, 1.807) is 19.1 Å². The Morgan fingerprint density at radius 2 is 2.19 bits per heavy atom. The minimum atomic E-state index is -0.204. The van der Waals surface area contributed by atoms with Crippen molar-refractivity contribution in [2.75, 3.05) is 19.6 Å². The van der Waals surface area contributed by atoms with Gasteiger partial charge in [-0.2, -0.15) is 0 Å². The molecule has 27 heavy (non-hydrogen) atoms. The average Bonchev–Trinajstić information content (AvgIpc) is 2.64. The van der Waals surface area contributed by atoms with Crippen molar-refractivity contribution in [3.63, 3.8) is 0 Å². The first-order chi connectivity index (χ1) is 12.9. The number of carbonyl (C=O) groups is 1. The maximum absolute atomic E-state index is 13.8. The van der Waals surface area contributed by atoms with Gasteiger partial charge in [0.15, 0.2) is 5.96 Å². The Balaban J connectivity index is 1.92. The van der Waals surface area contributed by atoms with E-state index in [-0.39, 0.29) is 17.8 Å². The summed E-state index contributed by atoms with van der Waals surface area (Å²) in [6, 6.07) is 5.50. The fourth-order valence-corrected chi connectivity index (χ4v) is 3.36. The molecule has 0 saturated carbocycles. The second kappa shape index (κ2) is 10.3. The highest BCUT2D eigenvalue weighted by molar-refractivity contribution is 5.81. The summed E-state index contributed by atoms with van der Waals surface area (Å²) in [7, 11) is 0. The Kier molecular flexibility index (Phi) is 8.07. The summed E-state index contributed by atoms with van der Waals surface area (Å²) in [4.78, 5) is 19.0. The van der Waals surface area contributed by atoms with Gasteiger partial charge in [0.25, 0.3) is 0 Å². The lowest BCUT2D eigenvalue weighted by Crippen LogP contribution is -2.42. The van der Waals surface area contributed by atoms with Crippen LogP contribution in [0.1, 0.15) is 63.6 Å². The molecule has 2 N–H and O–H groups in total. The summed E-state index contributed by atoms with van der Waals surface area (Å²) >= 11 is 0. The molecule has 0 radical (unpaired) electrons. The van der Waals surface area contributed by atoms with Crippen molar-refractivity contribution in [3.8, 4) is 0 Å². The van der Waals surface area contributed by atoms with Gasteiger partial charge in [-0.3, -0.25) is 9.79 Å². The number of benzene rings is 1. The number of halogens is 1. The molecule has 1 heterocycles. The number of hydrogen-bond donors (Lipinski definition) is 2. The normalized spacial score (nSPS) is 18.9. The predicted molar refractivity (Wildman–Crippen MR) is 108 cm³/mol. The van der Waals surface area contributed by atoms with Crippen molar-refractivity contribution >= 4 is 11.9 Å². The maximum atomic E-state index is 13.8. The molecular formula is C21H33FN4O. The van der Waals surface area contributed by atoms with E-state index in [1.165, 1.54) is 6.42 Å². The third-order valence-corrected chi connectivity index (χ3v) is 5.11. The molecule has 1 aromatic carbocycles. The molecule has 0 spiro atoms. The van der Waals surface area contributed by atoms with Crippen molar-refractivity contribution in [1.29, 1.82) is 0 Å². The number of rotatable bonds is 6. The minimum absolute atomic E-state index is 0.0873. The van der Waals surface area contributed by atoms with Gasteiger partial charge in [-0.15, -0.1) is 0 Å². The number of likely N-dealkylation sites (tertiary alicyclic amines) is 1. The molecule has 5 nitrogen and oxygen atoms in total. The third-order valence-electron chi connectivity index (χ3n) is 5.11. The van der Waals surface area contributed by atoms with Crippen LogP contribution >= 0.6 is 0 Å². The van der Waals surface area contributed by atoms with Gasteiger partial charge in [0.2, 0.25) is 5.91 Å². The Bertz CT molecular complexity index is 662. The lowest BCUT2D eigenvalue weighted by atomic mass is 10.0. The van der Waals surface area contributed by atoms with Crippen molar-refractivity contribution in [2.24, 2.45) is 4.99 Å². The Labute approximate surface area is 162 Å². The molecule has 1 amide bonds. The van der Waals surface area contributed by atoms with Crippen molar-refractivity contribution in [3.05, 3.63) is 35.1 Å². The number of aliphatic imine (C=N–C) groups is 1. The number of guanidine groups is 1. The van der Waals surface area contributed by atoms with E-state index >= 15 is 0 Å². The van der Waals surface area contributed by atoms with Crippen LogP contribution in [0.4, 0.5) is 4.39 Å². The highest BCUT2D eigenvalue weighted by Gasteiger charge is 2.22. The summed E-state index contributed by atoms with van der Waals surface area (Å²) in [6.07, 6.45) is 3.79. The number of hydrogen-bond acceptors (Lipinski definition) is 2. The standard InChI is InChI=1S/C21H33FN4O/c1-5-23-21(25-17(4)18-10-9-15(2)19(22)14-18)24-12-11-20(27)26-13-7-6-8-16(26)3/h9-10,14,16-17H,5-8,11-13H2,1-4H3,(H2,23,24,25). The highest BCUT2D eigenvalue weighted by atomic mass is 19.1. The molecule has 2 atom stereocenters. The van der Waals surface area contributed by atoms with Gasteiger partial charge in [0.05, 0.1) is 12.6 Å². The number of carbonyl (C=O) groups excluding carboxylic acids is 1. The molecule has 150 valence electrons. The molecule has 0 aliphatic carbocycles. The molecule has 2 rings (SSSR count). The monoisotopic (exact) mass is 376 g/mol. The smallest absolute Gasteiger partial charge is 0.224 e. The van der Waals surface area contributed by atoms with Gasteiger partial charge in [-0.05, 0) is 64.2 Å². The summed E-state index contributed by atoms with van der Waals surface area (Å²) in [6.45, 7) is 9.85. The average molecular weight is 377 g/mol. The second-order valence-corrected chi connectivity index (χ2v) is 7.32. The van der Waals surface area contributed by atoms with Crippen molar-refractivity contribution < 1.29 is 9.18 Å². The van der Waals surface area contributed by atoms with Crippen LogP contribution in [-0.4, -0.2) is 42.4 Å². The minimum Gasteiger partial charge on any atom is -0.357 e. The molecule has 6 heteroatoms. The van der Waals surface area contributed by atoms with Gasteiger partial charge in [-0.1, -0.05) is 12.1 Å². The van der Waals surface area contributed by atoms with Crippen LogP contribution in [0.25, 0.3) is 0 Å². The van der Waals surface area contributed by atoms with Gasteiger partial charge in [-0.25, -0.2) is 4.39 Å². The van der Waals surface area contributed by atoms with E-state index in [1.807, 2.05) is 24.8 Å². The zero-order chi connectivity index (χ0) is 19.8. The Hall–Kier alpha value is -2.11. The van der Waals surface area contributed by atoms with E-state index in [4.69, 9.17) is 0 Å². The maximum Gasteiger partial charge on any atom is 0.224 e. The molecule has 1 aliphatic heterocycles. The Morgan fingerprint density at radius 1 is 1.41 bits per heavy atom. The van der Waals surface area contributed by atoms with Crippen LogP contribution < -0.4 is 10.6 Å². The SMILES string of the molecule is CCNC(=NCCC(=O)N1CCCCC1C)NC(C)c1ccc(C)c(F)c1. The first-order valence-corrected chi connectivity index (χ1v) is 10.0. The van der Waals surface area contributed by atoms with Gasteiger partial charge in [0, 0.05) is 25.6 Å². The van der Waals surface area contributed by atoms with E-state index in [9.17, 15) is 9.18 Å². The highest BCUT2D eigenvalue weighted by Crippen LogP contribution is 2.18. The fourth-order valence-electron chi connectivity index (χ4n) is 3.36. The molecule has 1 saturated heterocycles. The van der Waals surface area contributed by atoms with Crippen LogP contribution in [0, 0.1) is 12.7 Å². The largest absolute Gasteiger partial charge is 0.357 e. The molecular weight excluding hydrogens is 343 g/mol. The number of aryl methyl sites for hydroxylation is 1. The first kappa shape index (κ1) is 21.2. The molecule has 1 fully saturated rings. The third kappa shape index (κ3) is 6.22. The molecule has 0 bridgehead atoms. The lowest BCUT2D eigenvalue weighted by Gasteiger charge is -2.33. The van der Waals surface area contributed by atoms with Crippen LogP contribution in [0.15, 0.2) is 23.2 Å². The number of nitrogens with zero attached hydrogens (tertiary/aromatic N) is 2. The van der Waals surface area contributed by atoms with Crippen LogP contribution in [0.5, 0.6) is 0 Å². The number of nitrogens with one attached hydrogen (secondary N) is 2. The number of piperidine rings is 1. The summed E-state index contributed by atoms with van der Waals surface area (Å²) in [5.74, 6) is 0.616. The summed E-state index contributed by atoms with van der Waals surface area (Å²) in [5, 5.41) is 6.48. The van der Waals surface area contributed by atoms with Gasteiger partial charge in [0.1, 0.15) is 5.82 Å². The van der Waals surface area contributed by atoms with Gasteiger partial charge < -0.3 is 15.5 Å². The van der Waals surface area contributed by atoms with Crippen LogP contribution in [-0.2, 0) is 4.79 Å². The Morgan fingerprint density at radius 3 is 2.85 bits per heavy atom. The van der Waals surface area contributed by atoms with E-state index in [0.29, 0.717) is 30.5 Å². The summed E-state index contributed by atoms with van der Waals surface area (Å²) in [5.41, 5.74) is 1.50. The van der Waals surface area contributed by atoms with E-state index < -0.39 is 0 Å². The van der Waals surface area contributed by atoms with Crippen LogP contribution in [0.3, 0.4) is 0 Å². The molecule has 1 aliphatic rings. The lowest BCUT2D eigenvalue weighted by molar-refractivity contribution is -0.134. The van der Waals surface area contributed by atoms with Crippen molar-refractivity contribution in [1.82, 2.24) is 15.5 Å². The zero-order valence-electron chi connectivity index (χ0n) is 17.0. The fraction of sp³-hybridized carbons (Fsp3) is 0.619. The predicted octanol–water partition coefficient (Wildman–Crippen LogP) is 3.54. The van der Waals surface area contributed by atoms with Crippen molar-refractivity contribution in [2.45, 2.75) is 65.5 Å². The van der Waals surface area contributed by atoms with Crippen LogP contribution in [0.2, 0.25) is 0 Å². The molecule has 2 unspecified atom stereocenters. The summed E-state index contributed by atoms with van der Waals surface area (Å²) < 4.78 is 13.8. The quantitative estimate of drug-likeness (QED) is 0.590.